The third-order valence-electron chi connectivity index (χ3n) is 4.72. The number of hydrogen-bond acceptors (Lipinski definition) is 3. The monoisotopic (exact) mass is 381 g/mol. The highest BCUT2D eigenvalue weighted by Crippen LogP contribution is 2.28. The summed E-state index contributed by atoms with van der Waals surface area (Å²) in [5, 5.41) is 3.04. The van der Waals surface area contributed by atoms with Gasteiger partial charge in [0.25, 0.3) is 0 Å². The first-order valence-corrected chi connectivity index (χ1v) is 8.64. The molecule has 1 saturated heterocycles. The van der Waals surface area contributed by atoms with Crippen molar-refractivity contribution in [2.24, 2.45) is 17.6 Å². The molecule has 2 unspecified atom stereocenters. The summed E-state index contributed by atoms with van der Waals surface area (Å²) >= 11 is 3.41. The molecule has 0 saturated carbocycles. The van der Waals surface area contributed by atoms with Crippen molar-refractivity contribution in [3.63, 3.8) is 0 Å². The Bertz CT molecular complexity index is 605. The first kappa shape index (κ1) is 17.9. The average molecular weight is 382 g/mol. The molecule has 126 valence electrons. The van der Waals surface area contributed by atoms with Gasteiger partial charge in [-0.05, 0) is 31.0 Å². The van der Waals surface area contributed by atoms with Gasteiger partial charge in [0.05, 0.1) is 11.5 Å². The number of amides is 2. The fourth-order valence-corrected chi connectivity index (χ4v) is 2.98. The summed E-state index contributed by atoms with van der Waals surface area (Å²) in [7, 11) is 0. The third-order valence-corrected chi connectivity index (χ3v) is 5.22. The molecule has 1 aliphatic rings. The van der Waals surface area contributed by atoms with Crippen LogP contribution < -0.4 is 16.0 Å². The summed E-state index contributed by atoms with van der Waals surface area (Å²) < 4.78 is 0.909. The molecule has 0 bridgehead atoms. The van der Waals surface area contributed by atoms with Crippen LogP contribution in [0.5, 0.6) is 0 Å². The van der Waals surface area contributed by atoms with E-state index in [0.29, 0.717) is 13.1 Å². The molecule has 6 heteroatoms. The first-order valence-electron chi connectivity index (χ1n) is 7.85. The standard InChI is InChI=1S/C17H24BrN3O2/c1-11(2)17(3,10-19)20-16(23)12-7-15(22)21(9-12)14-6-4-5-13(18)8-14/h4-6,8,11-12H,7,9-10,19H2,1-3H3,(H,20,23). The summed E-state index contributed by atoms with van der Waals surface area (Å²) in [4.78, 5) is 26.5. The second kappa shape index (κ2) is 7.01. The summed E-state index contributed by atoms with van der Waals surface area (Å²) in [5.41, 5.74) is 6.18. The van der Waals surface area contributed by atoms with E-state index in [1.54, 1.807) is 4.90 Å². The zero-order valence-electron chi connectivity index (χ0n) is 13.8. The maximum Gasteiger partial charge on any atom is 0.227 e. The van der Waals surface area contributed by atoms with E-state index in [9.17, 15) is 9.59 Å². The van der Waals surface area contributed by atoms with Gasteiger partial charge in [-0.25, -0.2) is 0 Å². The van der Waals surface area contributed by atoms with E-state index in [1.807, 2.05) is 45.0 Å². The number of anilines is 1. The summed E-state index contributed by atoms with van der Waals surface area (Å²) in [6, 6.07) is 7.55. The maximum atomic E-state index is 12.6. The minimum absolute atomic E-state index is 0.0257. The Balaban J connectivity index is 2.09. The largest absolute Gasteiger partial charge is 0.349 e. The Hall–Kier alpha value is -1.40. The van der Waals surface area contributed by atoms with Crippen molar-refractivity contribution in [3.8, 4) is 0 Å². The SMILES string of the molecule is CC(C)C(C)(CN)NC(=O)C1CC(=O)N(c2cccc(Br)c2)C1. The van der Waals surface area contributed by atoms with E-state index < -0.39 is 5.54 Å². The van der Waals surface area contributed by atoms with E-state index in [1.165, 1.54) is 0 Å². The predicted octanol–water partition coefficient (Wildman–Crippen LogP) is 2.29. The topological polar surface area (TPSA) is 75.4 Å². The van der Waals surface area contributed by atoms with Crippen molar-refractivity contribution in [1.29, 1.82) is 0 Å². The number of halogens is 1. The lowest BCUT2D eigenvalue weighted by Gasteiger charge is -2.34. The Morgan fingerprint density at radius 1 is 1.52 bits per heavy atom. The van der Waals surface area contributed by atoms with Crippen LogP contribution in [0.3, 0.4) is 0 Å². The second-order valence-electron chi connectivity index (χ2n) is 6.65. The molecule has 0 aliphatic carbocycles. The number of hydrogen-bond donors (Lipinski definition) is 2. The summed E-state index contributed by atoms with van der Waals surface area (Å²) in [6.07, 6.45) is 0.233. The van der Waals surface area contributed by atoms with Crippen molar-refractivity contribution in [2.45, 2.75) is 32.7 Å². The van der Waals surface area contributed by atoms with Gasteiger partial charge in [-0.15, -0.1) is 0 Å². The molecule has 0 aromatic heterocycles. The smallest absolute Gasteiger partial charge is 0.227 e. The van der Waals surface area contributed by atoms with Crippen LogP contribution in [0.2, 0.25) is 0 Å². The normalized spacial score (nSPS) is 20.7. The van der Waals surface area contributed by atoms with Crippen molar-refractivity contribution >= 4 is 33.4 Å². The number of benzene rings is 1. The minimum atomic E-state index is -0.455. The van der Waals surface area contributed by atoms with Gasteiger partial charge in [0.15, 0.2) is 0 Å². The lowest BCUT2D eigenvalue weighted by Crippen LogP contribution is -2.56. The number of nitrogens with one attached hydrogen (secondary N) is 1. The van der Waals surface area contributed by atoms with Crippen LogP contribution in [0.1, 0.15) is 27.2 Å². The zero-order chi connectivity index (χ0) is 17.2. The van der Waals surface area contributed by atoms with E-state index in [-0.39, 0.29) is 30.1 Å². The molecule has 1 heterocycles. The van der Waals surface area contributed by atoms with Crippen LogP contribution in [0.25, 0.3) is 0 Å². The van der Waals surface area contributed by atoms with E-state index in [4.69, 9.17) is 5.73 Å². The Morgan fingerprint density at radius 3 is 2.78 bits per heavy atom. The molecule has 2 amide bonds. The van der Waals surface area contributed by atoms with Crippen LogP contribution >= 0.6 is 15.9 Å². The highest BCUT2D eigenvalue weighted by molar-refractivity contribution is 9.10. The number of carbonyl (C=O) groups excluding carboxylic acids is 2. The molecular weight excluding hydrogens is 358 g/mol. The van der Waals surface area contributed by atoms with Crippen molar-refractivity contribution in [1.82, 2.24) is 5.32 Å². The number of nitrogens with zero attached hydrogens (tertiary/aromatic N) is 1. The fourth-order valence-electron chi connectivity index (χ4n) is 2.59. The number of carbonyl (C=O) groups is 2. The third kappa shape index (κ3) is 3.93. The van der Waals surface area contributed by atoms with Crippen LogP contribution in [0.15, 0.2) is 28.7 Å². The lowest BCUT2D eigenvalue weighted by atomic mass is 9.87. The average Bonchev–Trinajstić information content (AvgIpc) is 2.89. The van der Waals surface area contributed by atoms with Gasteiger partial charge in [0.2, 0.25) is 11.8 Å². The van der Waals surface area contributed by atoms with Gasteiger partial charge in [0.1, 0.15) is 0 Å². The Kier molecular flexibility index (Phi) is 5.47. The molecule has 5 nitrogen and oxygen atoms in total. The van der Waals surface area contributed by atoms with Crippen molar-refractivity contribution < 1.29 is 9.59 Å². The predicted molar refractivity (Wildman–Crippen MR) is 95.0 cm³/mol. The molecule has 1 aromatic rings. The quantitative estimate of drug-likeness (QED) is 0.821. The molecule has 2 rings (SSSR count). The fraction of sp³-hybridized carbons (Fsp3) is 0.529. The highest BCUT2D eigenvalue weighted by Gasteiger charge is 2.38. The van der Waals surface area contributed by atoms with E-state index >= 15 is 0 Å². The summed E-state index contributed by atoms with van der Waals surface area (Å²) in [6.45, 7) is 6.77. The van der Waals surface area contributed by atoms with Gasteiger partial charge < -0.3 is 16.0 Å². The molecule has 2 atom stereocenters. The molecule has 1 aliphatic heterocycles. The van der Waals surface area contributed by atoms with Crippen LogP contribution in [-0.2, 0) is 9.59 Å². The maximum absolute atomic E-state index is 12.6. The van der Waals surface area contributed by atoms with Crippen LogP contribution in [0, 0.1) is 11.8 Å². The van der Waals surface area contributed by atoms with Crippen molar-refractivity contribution in [3.05, 3.63) is 28.7 Å². The second-order valence-corrected chi connectivity index (χ2v) is 7.57. The van der Waals surface area contributed by atoms with E-state index in [2.05, 4.69) is 21.2 Å². The molecule has 0 spiro atoms. The molecular formula is C17H24BrN3O2. The Labute approximate surface area is 145 Å². The number of rotatable bonds is 5. The van der Waals surface area contributed by atoms with Crippen LogP contribution in [0.4, 0.5) is 5.69 Å². The highest BCUT2D eigenvalue weighted by atomic mass is 79.9. The molecule has 23 heavy (non-hydrogen) atoms. The minimum Gasteiger partial charge on any atom is -0.349 e. The molecule has 1 fully saturated rings. The lowest BCUT2D eigenvalue weighted by molar-refractivity contribution is -0.128. The van der Waals surface area contributed by atoms with Crippen LogP contribution in [-0.4, -0.2) is 30.4 Å². The van der Waals surface area contributed by atoms with Gasteiger partial charge in [-0.3, -0.25) is 9.59 Å². The van der Waals surface area contributed by atoms with Gasteiger partial charge in [-0.1, -0.05) is 35.8 Å². The molecule has 1 aromatic carbocycles. The number of nitrogens with two attached hydrogens (primary N) is 1. The molecule has 3 N–H and O–H groups in total. The van der Waals surface area contributed by atoms with Gasteiger partial charge in [-0.2, -0.15) is 0 Å². The zero-order valence-corrected chi connectivity index (χ0v) is 15.4. The Morgan fingerprint density at radius 2 is 2.22 bits per heavy atom. The van der Waals surface area contributed by atoms with Crippen molar-refractivity contribution in [2.75, 3.05) is 18.0 Å². The van der Waals surface area contributed by atoms with Gasteiger partial charge in [0, 0.05) is 29.7 Å². The van der Waals surface area contributed by atoms with E-state index in [0.717, 1.165) is 10.2 Å². The summed E-state index contributed by atoms with van der Waals surface area (Å²) in [5.74, 6) is -0.249. The first-order chi connectivity index (χ1) is 10.8. The molecule has 0 radical (unpaired) electrons. The van der Waals surface area contributed by atoms with Gasteiger partial charge >= 0.3 is 0 Å².